The monoisotopic (exact) mass is 400 g/mol. The van der Waals surface area contributed by atoms with Gasteiger partial charge in [-0.1, -0.05) is 24.3 Å². The van der Waals surface area contributed by atoms with Gasteiger partial charge in [0.2, 0.25) is 0 Å². The summed E-state index contributed by atoms with van der Waals surface area (Å²) in [6.07, 6.45) is 3.32. The van der Waals surface area contributed by atoms with Crippen LogP contribution in [0.3, 0.4) is 0 Å². The first-order chi connectivity index (χ1) is 14.7. The summed E-state index contributed by atoms with van der Waals surface area (Å²) in [5, 5.41) is 7.52. The Bertz CT molecular complexity index is 1160. The quantitative estimate of drug-likeness (QED) is 0.525. The van der Waals surface area contributed by atoms with Crippen molar-refractivity contribution < 1.29 is 14.3 Å². The summed E-state index contributed by atoms with van der Waals surface area (Å²) >= 11 is 0. The molecule has 0 aliphatic rings. The first kappa shape index (κ1) is 19.2. The number of nitrogens with one attached hydrogen (secondary N) is 1. The molecule has 2 aromatic heterocycles. The maximum Gasteiger partial charge on any atom is 0.260 e. The predicted octanol–water partition coefficient (Wildman–Crippen LogP) is 4.20. The Morgan fingerprint density at radius 1 is 0.967 bits per heavy atom. The van der Waals surface area contributed by atoms with Crippen LogP contribution >= 0.6 is 0 Å². The molecule has 150 valence electrons. The van der Waals surface area contributed by atoms with Gasteiger partial charge in [-0.2, -0.15) is 5.10 Å². The van der Waals surface area contributed by atoms with Crippen LogP contribution in [0.1, 0.15) is 10.4 Å². The van der Waals surface area contributed by atoms with Gasteiger partial charge in [0.1, 0.15) is 23.0 Å². The zero-order valence-electron chi connectivity index (χ0n) is 16.6. The van der Waals surface area contributed by atoms with Gasteiger partial charge in [-0.05, 0) is 36.4 Å². The topological polar surface area (TPSA) is 78.3 Å². The smallest absolute Gasteiger partial charge is 0.260 e. The van der Waals surface area contributed by atoms with Gasteiger partial charge in [0.15, 0.2) is 0 Å². The van der Waals surface area contributed by atoms with Gasteiger partial charge in [0.05, 0.1) is 25.5 Å². The molecule has 4 aromatic rings. The fraction of sp³-hybridized carbons (Fsp3) is 0.0870. The molecule has 0 aliphatic heterocycles. The van der Waals surface area contributed by atoms with E-state index in [0.717, 1.165) is 5.69 Å². The second-order valence-electron chi connectivity index (χ2n) is 6.41. The number of anilines is 1. The third-order valence-corrected chi connectivity index (χ3v) is 4.55. The minimum absolute atomic E-state index is 0.316. The third kappa shape index (κ3) is 3.86. The number of para-hydroxylation sites is 1. The molecule has 2 heterocycles. The number of pyridine rings is 1. The molecular formula is C23H20N4O3. The summed E-state index contributed by atoms with van der Waals surface area (Å²) < 4.78 is 12.5. The van der Waals surface area contributed by atoms with Crippen molar-refractivity contribution >= 4 is 11.7 Å². The van der Waals surface area contributed by atoms with Crippen molar-refractivity contribution in [3.63, 3.8) is 0 Å². The van der Waals surface area contributed by atoms with Gasteiger partial charge in [-0.25, -0.2) is 9.67 Å². The van der Waals surface area contributed by atoms with Crippen molar-refractivity contribution in [2.75, 3.05) is 19.5 Å². The van der Waals surface area contributed by atoms with Crippen molar-refractivity contribution in [2.45, 2.75) is 0 Å². The van der Waals surface area contributed by atoms with Gasteiger partial charge in [0.25, 0.3) is 5.91 Å². The van der Waals surface area contributed by atoms with E-state index >= 15 is 0 Å². The number of methoxy groups -OCH3 is 2. The summed E-state index contributed by atoms with van der Waals surface area (Å²) in [5.74, 6) is 1.35. The largest absolute Gasteiger partial charge is 0.497 e. The molecule has 0 atom stereocenters. The fourth-order valence-corrected chi connectivity index (χ4v) is 3.07. The Morgan fingerprint density at radius 2 is 1.77 bits per heavy atom. The van der Waals surface area contributed by atoms with Gasteiger partial charge in [-0.15, -0.1) is 0 Å². The molecule has 0 saturated carbocycles. The first-order valence-corrected chi connectivity index (χ1v) is 9.29. The van der Waals surface area contributed by atoms with E-state index in [-0.39, 0.29) is 5.91 Å². The second-order valence-corrected chi connectivity index (χ2v) is 6.41. The fourth-order valence-electron chi connectivity index (χ4n) is 3.07. The van der Waals surface area contributed by atoms with Crippen LogP contribution in [-0.2, 0) is 0 Å². The Labute approximate surface area is 173 Å². The second kappa shape index (κ2) is 8.48. The number of carbonyl (C=O) groups excluding carboxylic acids is 1. The van der Waals surface area contributed by atoms with Crippen molar-refractivity contribution in [1.82, 2.24) is 14.8 Å². The lowest BCUT2D eigenvalue weighted by molar-refractivity contribution is 0.102. The van der Waals surface area contributed by atoms with Gasteiger partial charge < -0.3 is 14.8 Å². The number of rotatable bonds is 6. The van der Waals surface area contributed by atoms with Crippen LogP contribution in [0.25, 0.3) is 16.9 Å². The zero-order chi connectivity index (χ0) is 20.9. The third-order valence-electron chi connectivity index (χ3n) is 4.55. The maximum absolute atomic E-state index is 13.1. The minimum atomic E-state index is -0.316. The highest BCUT2D eigenvalue weighted by molar-refractivity contribution is 6.08. The lowest BCUT2D eigenvalue weighted by Crippen LogP contribution is -2.13. The Kier molecular flexibility index (Phi) is 5.43. The summed E-state index contributed by atoms with van der Waals surface area (Å²) in [6, 6.07) is 20.3. The van der Waals surface area contributed by atoms with Crippen LogP contribution in [0.4, 0.5) is 5.82 Å². The van der Waals surface area contributed by atoms with E-state index in [0.29, 0.717) is 34.1 Å². The van der Waals surface area contributed by atoms with E-state index in [1.54, 1.807) is 55.6 Å². The number of aromatic nitrogens is 3. The van der Waals surface area contributed by atoms with Crippen LogP contribution in [0.2, 0.25) is 0 Å². The zero-order valence-corrected chi connectivity index (χ0v) is 16.6. The molecule has 0 spiro atoms. The number of hydrogen-bond donors (Lipinski definition) is 1. The van der Waals surface area contributed by atoms with E-state index in [1.165, 1.54) is 0 Å². The molecule has 30 heavy (non-hydrogen) atoms. The molecule has 0 aliphatic carbocycles. The van der Waals surface area contributed by atoms with Gasteiger partial charge >= 0.3 is 0 Å². The SMILES string of the molecule is COc1ccc(-c2nn(-c3ccccc3)cc2C(=O)Nc2ccccn2)c(OC)c1. The molecule has 0 unspecified atom stereocenters. The summed E-state index contributed by atoms with van der Waals surface area (Å²) in [7, 11) is 3.16. The molecule has 0 saturated heterocycles. The number of hydrogen-bond acceptors (Lipinski definition) is 5. The predicted molar refractivity (Wildman–Crippen MR) is 114 cm³/mol. The van der Waals surface area contributed by atoms with E-state index in [4.69, 9.17) is 14.6 Å². The first-order valence-electron chi connectivity index (χ1n) is 9.29. The highest BCUT2D eigenvalue weighted by Gasteiger charge is 2.22. The average Bonchev–Trinajstić information content (AvgIpc) is 3.25. The molecule has 0 fully saturated rings. The van der Waals surface area contributed by atoms with Crippen molar-refractivity contribution in [3.8, 4) is 28.4 Å². The Hall–Kier alpha value is -4.13. The molecular weight excluding hydrogens is 380 g/mol. The number of ether oxygens (including phenoxy) is 2. The van der Waals surface area contributed by atoms with Crippen molar-refractivity contribution in [2.24, 2.45) is 0 Å². The minimum Gasteiger partial charge on any atom is -0.497 e. The lowest BCUT2D eigenvalue weighted by atomic mass is 10.1. The molecule has 7 nitrogen and oxygen atoms in total. The molecule has 0 bridgehead atoms. The van der Waals surface area contributed by atoms with E-state index in [9.17, 15) is 4.79 Å². The number of amides is 1. The van der Waals surface area contributed by atoms with Gasteiger partial charge in [0, 0.05) is 24.0 Å². The van der Waals surface area contributed by atoms with Crippen LogP contribution in [-0.4, -0.2) is 34.9 Å². The van der Waals surface area contributed by atoms with Crippen LogP contribution in [0.15, 0.2) is 79.1 Å². The lowest BCUT2D eigenvalue weighted by Gasteiger charge is -2.10. The van der Waals surface area contributed by atoms with Gasteiger partial charge in [-0.3, -0.25) is 4.79 Å². The molecule has 1 amide bonds. The van der Waals surface area contributed by atoms with Crippen LogP contribution in [0, 0.1) is 0 Å². The average molecular weight is 400 g/mol. The molecule has 7 heteroatoms. The van der Waals surface area contributed by atoms with E-state index < -0.39 is 0 Å². The summed E-state index contributed by atoms with van der Waals surface area (Å²) in [6.45, 7) is 0. The number of benzene rings is 2. The van der Waals surface area contributed by atoms with Crippen LogP contribution < -0.4 is 14.8 Å². The van der Waals surface area contributed by atoms with E-state index in [1.807, 2.05) is 42.5 Å². The van der Waals surface area contributed by atoms with E-state index in [2.05, 4.69) is 10.3 Å². The molecule has 2 aromatic carbocycles. The molecule has 1 N–H and O–H groups in total. The summed E-state index contributed by atoms with van der Waals surface area (Å²) in [4.78, 5) is 17.3. The highest BCUT2D eigenvalue weighted by atomic mass is 16.5. The number of nitrogens with zero attached hydrogens (tertiary/aromatic N) is 3. The number of carbonyl (C=O) groups is 1. The Morgan fingerprint density at radius 3 is 2.47 bits per heavy atom. The normalized spacial score (nSPS) is 10.5. The van der Waals surface area contributed by atoms with Crippen molar-refractivity contribution in [1.29, 1.82) is 0 Å². The standard InChI is InChI=1S/C23H20N4O3/c1-29-17-11-12-18(20(14-17)30-2)22-19(23(28)25-21-10-6-7-13-24-21)15-27(26-22)16-8-4-3-5-9-16/h3-15H,1-2H3,(H,24,25,28). The van der Waals surface area contributed by atoms with Crippen molar-refractivity contribution in [3.05, 3.63) is 84.7 Å². The molecule has 4 rings (SSSR count). The highest BCUT2D eigenvalue weighted by Crippen LogP contribution is 2.35. The summed E-state index contributed by atoms with van der Waals surface area (Å²) in [5.41, 5.74) is 2.40. The maximum atomic E-state index is 13.1. The molecule has 0 radical (unpaired) electrons. The Balaban J connectivity index is 1.82. The van der Waals surface area contributed by atoms with Crippen LogP contribution in [0.5, 0.6) is 11.5 Å².